The van der Waals surface area contributed by atoms with Crippen LogP contribution in [0.15, 0.2) is 0 Å². The number of hydrogen-bond acceptors (Lipinski definition) is 4. The van der Waals surface area contributed by atoms with Crippen molar-refractivity contribution in [3.63, 3.8) is 0 Å². The first kappa shape index (κ1) is 16.9. The molecule has 1 atom stereocenters. The van der Waals surface area contributed by atoms with Gasteiger partial charge in [-0.3, -0.25) is 4.79 Å². The van der Waals surface area contributed by atoms with Gasteiger partial charge in [0.25, 0.3) is 0 Å². The van der Waals surface area contributed by atoms with Crippen LogP contribution < -0.4 is 5.32 Å². The Hall–Kier alpha value is -1.14. The van der Waals surface area contributed by atoms with Crippen molar-refractivity contribution in [1.82, 2.24) is 5.32 Å². The van der Waals surface area contributed by atoms with Gasteiger partial charge in [-0.05, 0) is 26.7 Å². The highest BCUT2D eigenvalue weighted by Crippen LogP contribution is 2.12. The average Bonchev–Trinajstić information content (AvgIpc) is 2.27. The highest BCUT2D eigenvalue weighted by molar-refractivity contribution is 5.83. The number of carboxylic acid groups (broad SMARTS) is 1. The third kappa shape index (κ3) is 7.24. The lowest BCUT2D eigenvalue weighted by molar-refractivity contribution is -0.143. The van der Waals surface area contributed by atoms with Crippen LogP contribution in [0, 0.1) is 0 Å². The number of hydrogen-bond donors (Lipinski definition) is 2. The lowest BCUT2D eigenvalue weighted by atomic mass is 10.0. The molecule has 106 valence electrons. The van der Waals surface area contributed by atoms with Gasteiger partial charge in [-0.25, -0.2) is 4.79 Å². The monoisotopic (exact) mass is 261 g/mol. The van der Waals surface area contributed by atoms with Gasteiger partial charge in [-0.1, -0.05) is 0 Å². The molecule has 0 bridgehead atoms. The van der Waals surface area contributed by atoms with Crippen molar-refractivity contribution in [1.29, 1.82) is 0 Å². The molecule has 0 aliphatic rings. The molecule has 1 amide bonds. The number of carbonyl (C=O) groups is 2. The van der Waals surface area contributed by atoms with E-state index in [-0.39, 0.29) is 12.3 Å². The molecular formula is C12H23NO5. The maximum absolute atomic E-state index is 11.7. The van der Waals surface area contributed by atoms with E-state index in [1.165, 1.54) is 7.11 Å². The van der Waals surface area contributed by atoms with E-state index in [1.54, 1.807) is 21.0 Å². The van der Waals surface area contributed by atoms with Gasteiger partial charge in [0, 0.05) is 20.8 Å². The zero-order valence-corrected chi connectivity index (χ0v) is 11.5. The molecule has 2 N–H and O–H groups in total. The predicted molar refractivity (Wildman–Crippen MR) is 66.4 cm³/mol. The van der Waals surface area contributed by atoms with Crippen LogP contribution in [0.2, 0.25) is 0 Å². The van der Waals surface area contributed by atoms with E-state index in [9.17, 15) is 9.59 Å². The van der Waals surface area contributed by atoms with Gasteiger partial charge >= 0.3 is 5.97 Å². The lowest BCUT2D eigenvalue weighted by Gasteiger charge is -2.23. The van der Waals surface area contributed by atoms with Gasteiger partial charge in [-0.2, -0.15) is 0 Å². The Morgan fingerprint density at radius 3 is 2.39 bits per heavy atom. The zero-order chi connectivity index (χ0) is 14.2. The van der Waals surface area contributed by atoms with Crippen LogP contribution in [0.5, 0.6) is 0 Å². The summed E-state index contributed by atoms with van der Waals surface area (Å²) in [4.78, 5) is 22.7. The molecule has 0 rings (SSSR count). The summed E-state index contributed by atoms with van der Waals surface area (Å²) in [5.74, 6) is -1.36. The molecule has 0 radical (unpaired) electrons. The average molecular weight is 261 g/mol. The minimum absolute atomic E-state index is 0.123. The number of amides is 1. The molecule has 18 heavy (non-hydrogen) atoms. The molecule has 0 saturated carbocycles. The van der Waals surface area contributed by atoms with E-state index in [2.05, 4.69) is 5.32 Å². The minimum atomic E-state index is -1.03. The predicted octanol–water partition coefficient (Wildman–Crippen LogP) is 0.798. The van der Waals surface area contributed by atoms with Crippen molar-refractivity contribution in [2.45, 2.75) is 44.8 Å². The first-order chi connectivity index (χ1) is 8.32. The van der Waals surface area contributed by atoms with Crippen molar-refractivity contribution in [3.8, 4) is 0 Å². The smallest absolute Gasteiger partial charge is 0.326 e. The molecule has 6 heteroatoms. The van der Waals surface area contributed by atoms with Gasteiger partial charge < -0.3 is 19.9 Å². The minimum Gasteiger partial charge on any atom is -0.480 e. The number of nitrogens with one attached hydrogen (secondary N) is 1. The van der Waals surface area contributed by atoms with Gasteiger partial charge in [-0.15, -0.1) is 0 Å². The topological polar surface area (TPSA) is 84.9 Å². The van der Waals surface area contributed by atoms with Gasteiger partial charge in [0.05, 0.1) is 12.0 Å². The Morgan fingerprint density at radius 2 is 1.94 bits per heavy atom. The summed E-state index contributed by atoms with van der Waals surface area (Å²) in [6.07, 6.45) is 1.06. The fourth-order valence-corrected chi connectivity index (χ4v) is 1.39. The number of aliphatic carboxylic acids is 1. The second kappa shape index (κ2) is 8.05. The van der Waals surface area contributed by atoms with Crippen molar-refractivity contribution < 1.29 is 24.2 Å². The lowest BCUT2D eigenvalue weighted by Crippen LogP contribution is -2.43. The standard InChI is InChI=1S/C12H23NO5/c1-12(2,18-4)8-10(14)13-9(11(15)16)6-5-7-17-3/h9H,5-8H2,1-4H3,(H,13,14)(H,15,16). The largest absolute Gasteiger partial charge is 0.480 e. The summed E-state index contributed by atoms with van der Waals surface area (Å²) in [6.45, 7) is 4.02. The Kier molecular flexibility index (Phi) is 7.54. The highest BCUT2D eigenvalue weighted by Gasteiger charge is 2.25. The number of rotatable bonds is 9. The molecular weight excluding hydrogens is 238 g/mol. The number of carboxylic acids is 1. The molecule has 1 unspecified atom stereocenters. The molecule has 0 aromatic heterocycles. The third-order valence-corrected chi connectivity index (χ3v) is 2.61. The van der Waals surface area contributed by atoms with Crippen molar-refractivity contribution in [2.75, 3.05) is 20.8 Å². The Balaban J connectivity index is 4.24. The van der Waals surface area contributed by atoms with Gasteiger partial charge in [0.2, 0.25) is 5.91 Å². The van der Waals surface area contributed by atoms with Crippen LogP contribution in [0.1, 0.15) is 33.1 Å². The normalized spacial score (nSPS) is 13.1. The van der Waals surface area contributed by atoms with E-state index < -0.39 is 17.6 Å². The van der Waals surface area contributed by atoms with E-state index in [0.29, 0.717) is 19.4 Å². The molecule has 0 aliphatic heterocycles. The maximum Gasteiger partial charge on any atom is 0.326 e. The van der Waals surface area contributed by atoms with Gasteiger partial charge in [0.15, 0.2) is 0 Å². The fourth-order valence-electron chi connectivity index (χ4n) is 1.39. The molecule has 0 aliphatic carbocycles. The Bertz CT molecular complexity index is 278. The highest BCUT2D eigenvalue weighted by atomic mass is 16.5. The van der Waals surface area contributed by atoms with Crippen LogP contribution >= 0.6 is 0 Å². The van der Waals surface area contributed by atoms with E-state index in [1.807, 2.05) is 0 Å². The first-order valence-electron chi connectivity index (χ1n) is 5.88. The third-order valence-electron chi connectivity index (χ3n) is 2.61. The summed E-state index contributed by atoms with van der Waals surface area (Å²) in [5.41, 5.74) is -0.598. The molecule has 0 aromatic carbocycles. The van der Waals surface area contributed by atoms with Crippen molar-refractivity contribution in [3.05, 3.63) is 0 Å². The van der Waals surface area contributed by atoms with Crippen molar-refractivity contribution >= 4 is 11.9 Å². The van der Waals surface area contributed by atoms with E-state index >= 15 is 0 Å². The molecule has 6 nitrogen and oxygen atoms in total. The second-order valence-corrected chi connectivity index (χ2v) is 4.73. The van der Waals surface area contributed by atoms with Crippen LogP contribution in [-0.4, -0.2) is 49.5 Å². The summed E-state index contributed by atoms with van der Waals surface area (Å²) in [7, 11) is 3.07. The van der Waals surface area contributed by atoms with E-state index in [4.69, 9.17) is 14.6 Å². The molecule has 0 heterocycles. The quantitative estimate of drug-likeness (QED) is 0.600. The Morgan fingerprint density at radius 1 is 1.33 bits per heavy atom. The van der Waals surface area contributed by atoms with Crippen LogP contribution in [0.3, 0.4) is 0 Å². The Labute approximate surface area is 108 Å². The second-order valence-electron chi connectivity index (χ2n) is 4.73. The van der Waals surface area contributed by atoms with Crippen LogP contribution in [0.25, 0.3) is 0 Å². The SMILES string of the molecule is COCCCC(NC(=O)CC(C)(C)OC)C(=O)O. The summed E-state index contributed by atoms with van der Waals surface area (Å²) < 4.78 is 9.97. The summed E-state index contributed by atoms with van der Waals surface area (Å²) in [6, 6.07) is -0.875. The number of carbonyl (C=O) groups excluding carboxylic acids is 1. The summed E-state index contributed by atoms with van der Waals surface area (Å²) >= 11 is 0. The van der Waals surface area contributed by atoms with Crippen molar-refractivity contribution in [2.24, 2.45) is 0 Å². The van der Waals surface area contributed by atoms with Gasteiger partial charge in [0.1, 0.15) is 6.04 Å². The van der Waals surface area contributed by atoms with Crippen LogP contribution in [-0.2, 0) is 19.1 Å². The first-order valence-corrected chi connectivity index (χ1v) is 5.88. The number of methoxy groups -OCH3 is 2. The van der Waals surface area contributed by atoms with Crippen LogP contribution in [0.4, 0.5) is 0 Å². The fraction of sp³-hybridized carbons (Fsp3) is 0.833. The maximum atomic E-state index is 11.7. The van der Waals surface area contributed by atoms with E-state index in [0.717, 1.165) is 0 Å². The zero-order valence-electron chi connectivity index (χ0n) is 11.5. The molecule has 0 saturated heterocycles. The number of ether oxygens (including phenoxy) is 2. The molecule has 0 fully saturated rings. The molecule has 0 spiro atoms. The molecule has 0 aromatic rings. The summed E-state index contributed by atoms with van der Waals surface area (Å²) in [5, 5.41) is 11.5.